The second-order valence-electron chi connectivity index (χ2n) is 5.48. The summed E-state index contributed by atoms with van der Waals surface area (Å²) in [7, 11) is 1.37. The molecule has 6 nitrogen and oxygen atoms in total. The van der Waals surface area contributed by atoms with Crippen LogP contribution in [0.15, 0.2) is 24.3 Å². The highest BCUT2D eigenvalue weighted by Gasteiger charge is 2.31. The number of rotatable bonds is 8. The van der Waals surface area contributed by atoms with Gasteiger partial charge in [0.15, 0.2) is 0 Å². The third-order valence-corrected chi connectivity index (χ3v) is 2.94. The molecule has 1 aromatic rings. The molecular formula is C15H18F3NO5. The Balaban J connectivity index is 2.76. The van der Waals surface area contributed by atoms with Crippen LogP contribution >= 0.6 is 0 Å². The van der Waals surface area contributed by atoms with Crippen molar-refractivity contribution in [1.29, 1.82) is 0 Å². The molecule has 2 N–H and O–H groups in total. The van der Waals surface area contributed by atoms with Crippen LogP contribution in [0.4, 0.5) is 13.2 Å². The Morgan fingerprint density at radius 3 is 2.50 bits per heavy atom. The summed E-state index contributed by atoms with van der Waals surface area (Å²) in [6, 6.07) is 5.01. The van der Waals surface area contributed by atoms with Crippen molar-refractivity contribution in [3.05, 3.63) is 29.8 Å². The van der Waals surface area contributed by atoms with Gasteiger partial charge in [-0.05, 0) is 24.6 Å². The molecular weight excluding hydrogens is 331 g/mol. The van der Waals surface area contributed by atoms with Crippen molar-refractivity contribution in [3.8, 4) is 5.75 Å². The first-order valence-electron chi connectivity index (χ1n) is 6.89. The first-order valence-corrected chi connectivity index (χ1v) is 6.89. The van der Waals surface area contributed by atoms with Gasteiger partial charge in [-0.1, -0.05) is 12.1 Å². The fourth-order valence-corrected chi connectivity index (χ4v) is 2.20. The number of carbonyl (C=O) groups excluding carboxylic acids is 1. The second-order valence-corrected chi connectivity index (χ2v) is 5.48. The van der Waals surface area contributed by atoms with E-state index in [1.807, 2.05) is 0 Å². The van der Waals surface area contributed by atoms with E-state index >= 15 is 0 Å². The van der Waals surface area contributed by atoms with Crippen LogP contribution in [0.5, 0.6) is 5.75 Å². The molecule has 24 heavy (non-hydrogen) atoms. The summed E-state index contributed by atoms with van der Waals surface area (Å²) in [5, 5.41) is 11.4. The van der Waals surface area contributed by atoms with Gasteiger partial charge in [0, 0.05) is 7.11 Å². The third kappa shape index (κ3) is 7.32. The van der Waals surface area contributed by atoms with Gasteiger partial charge >= 0.3 is 12.3 Å². The minimum Gasteiger partial charge on any atom is -0.481 e. The standard InChI is InChI=1S/C15H18F3NO5/c1-14(9-23-2,8-13(21)22)19-12(20)7-10-4-3-5-11(6-10)24-15(16,17)18/h3-6H,7-9H2,1-2H3,(H,19,20)(H,21,22). The van der Waals surface area contributed by atoms with Crippen molar-refractivity contribution in [3.63, 3.8) is 0 Å². The lowest BCUT2D eigenvalue weighted by atomic mass is 9.98. The van der Waals surface area contributed by atoms with Crippen LogP contribution in [-0.2, 0) is 20.7 Å². The molecule has 0 aliphatic heterocycles. The number of methoxy groups -OCH3 is 1. The van der Waals surface area contributed by atoms with E-state index in [4.69, 9.17) is 9.84 Å². The number of hydrogen-bond acceptors (Lipinski definition) is 4. The molecule has 0 aliphatic rings. The molecule has 0 aromatic heterocycles. The van der Waals surface area contributed by atoms with Crippen molar-refractivity contribution < 1.29 is 37.3 Å². The zero-order chi connectivity index (χ0) is 18.4. The Morgan fingerprint density at radius 1 is 1.29 bits per heavy atom. The zero-order valence-corrected chi connectivity index (χ0v) is 13.1. The van der Waals surface area contributed by atoms with E-state index in [0.717, 1.165) is 12.1 Å². The van der Waals surface area contributed by atoms with Crippen molar-refractivity contribution in [1.82, 2.24) is 5.32 Å². The highest BCUT2D eigenvalue weighted by atomic mass is 19.4. The zero-order valence-electron chi connectivity index (χ0n) is 13.1. The first kappa shape index (κ1) is 19.8. The molecule has 1 amide bonds. The topological polar surface area (TPSA) is 84.9 Å². The maximum Gasteiger partial charge on any atom is 0.573 e. The average molecular weight is 349 g/mol. The van der Waals surface area contributed by atoms with Gasteiger partial charge in [-0.2, -0.15) is 0 Å². The van der Waals surface area contributed by atoms with Crippen LogP contribution in [0.1, 0.15) is 18.9 Å². The van der Waals surface area contributed by atoms with Crippen LogP contribution < -0.4 is 10.1 Å². The number of carboxylic acid groups (broad SMARTS) is 1. The molecule has 0 saturated heterocycles. The second kappa shape index (κ2) is 8.00. The van der Waals surface area contributed by atoms with Crippen LogP contribution in [0, 0.1) is 0 Å². The fourth-order valence-electron chi connectivity index (χ4n) is 2.20. The molecule has 1 unspecified atom stereocenters. The summed E-state index contributed by atoms with van der Waals surface area (Å²) in [6.07, 6.45) is -5.41. The van der Waals surface area contributed by atoms with Crippen LogP contribution in [-0.4, -0.2) is 42.6 Å². The van der Waals surface area contributed by atoms with Crippen LogP contribution in [0.2, 0.25) is 0 Å². The molecule has 1 atom stereocenters. The number of nitrogens with one attached hydrogen (secondary N) is 1. The Hall–Kier alpha value is -2.29. The van der Waals surface area contributed by atoms with E-state index in [-0.39, 0.29) is 19.4 Å². The number of alkyl halides is 3. The van der Waals surface area contributed by atoms with E-state index in [1.165, 1.54) is 26.2 Å². The Morgan fingerprint density at radius 2 is 1.96 bits per heavy atom. The molecule has 134 valence electrons. The highest BCUT2D eigenvalue weighted by molar-refractivity contribution is 5.80. The molecule has 0 saturated carbocycles. The summed E-state index contributed by atoms with van der Waals surface area (Å²) in [5.74, 6) is -2.09. The number of carbonyl (C=O) groups is 2. The number of benzene rings is 1. The van der Waals surface area contributed by atoms with Gasteiger partial charge in [0.1, 0.15) is 5.75 Å². The average Bonchev–Trinajstić information content (AvgIpc) is 2.35. The SMILES string of the molecule is COCC(C)(CC(=O)O)NC(=O)Cc1cccc(OC(F)(F)F)c1. The Kier molecular flexibility index (Phi) is 6.59. The number of carboxylic acids is 1. The van der Waals surface area contributed by atoms with E-state index in [0.29, 0.717) is 5.56 Å². The normalized spacial score (nSPS) is 13.9. The number of halogens is 3. The minimum absolute atomic E-state index is 0.0255. The van der Waals surface area contributed by atoms with Crippen molar-refractivity contribution in [2.24, 2.45) is 0 Å². The largest absolute Gasteiger partial charge is 0.573 e. The van der Waals surface area contributed by atoms with Gasteiger partial charge in [-0.3, -0.25) is 9.59 Å². The van der Waals surface area contributed by atoms with Gasteiger partial charge in [-0.15, -0.1) is 13.2 Å². The van der Waals surface area contributed by atoms with E-state index in [1.54, 1.807) is 0 Å². The molecule has 1 rings (SSSR count). The summed E-state index contributed by atoms with van der Waals surface area (Å²) in [5.41, 5.74) is -0.832. The Bertz CT molecular complexity index is 591. The third-order valence-electron chi connectivity index (χ3n) is 2.94. The van der Waals surface area contributed by atoms with Crippen molar-refractivity contribution >= 4 is 11.9 Å². The van der Waals surface area contributed by atoms with E-state index < -0.39 is 29.5 Å². The minimum atomic E-state index is -4.82. The molecule has 9 heteroatoms. The van der Waals surface area contributed by atoms with Gasteiger partial charge in [0.2, 0.25) is 5.91 Å². The van der Waals surface area contributed by atoms with Gasteiger partial charge in [-0.25, -0.2) is 0 Å². The van der Waals surface area contributed by atoms with Crippen LogP contribution in [0.25, 0.3) is 0 Å². The lowest BCUT2D eigenvalue weighted by molar-refractivity contribution is -0.274. The van der Waals surface area contributed by atoms with E-state index in [9.17, 15) is 22.8 Å². The number of amides is 1. The predicted octanol–water partition coefficient (Wildman–Crippen LogP) is 2.12. The maximum atomic E-state index is 12.2. The van der Waals surface area contributed by atoms with Crippen molar-refractivity contribution in [2.45, 2.75) is 31.7 Å². The lowest BCUT2D eigenvalue weighted by Gasteiger charge is -2.28. The maximum absolute atomic E-state index is 12.2. The van der Waals surface area contributed by atoms with Gasteiger partial charge in [0.05, 0.1) is 25.0 Å². The van der Waals surface area contributed by atoms with Crippen molar-refractivity contribution in [2.75, 3.05) is 13.7 Å². The van der Waals surface area contributed by atoms with Gasteiger partial charge in [0.25, 0.3) is 0 Å². The number of aliphatic carboxylic acids is 1. The summed E-state index contributed by atoms with van der Waals surface area (Å²) in [4.78, 5) is 22.9. The fraction of sp³-hybridized carbons (Fsp3) is 0.467. The summed E-state index contributed by atoms with van der Waals surface area (Å²) < 4.78 is 45.3. The molecule has 0 fully saturated rings. The number of hydrogen-bond donors (Lipinski definition) is 2. The quantitative estimate of drug-likeness (QED) is 0.751. The van der Waals surface area contributed by atoms with E-state index in [2.05, 4.69) is 10.1 Å². The smallest absolute Gasteiger partial charge is 0.481 e. The molecule has 1 aromatic carbocycles. The summed E-state index contributed by atoms with van der Waals surface area (Å²) in [6.45, 7) is 1.48. The molecule has 0 heterocycles. The number of ether oxygens (including phenoxy) is 2. The summed E-state index contributed by atoms with van der Waals surface area (Å²) >= 11 is 0. The molecule has 0 radical (unpaired) electrons. The molecule has 0 bridgehead atoms. The van der Waals surface area contributed by atoms with Gasteiger partial charge < -0.3 is 19.9 Å². The lowest BCUT2D eigenvalue weighted by Crippen LogP contribution is -2.51. The predicted molar refractivity (Wildman–Crippen MR) is 77.5 cm³/mol. The monoisotopic (exact) mass is 349 g/mol. The van der Waals surface area contributed by atoms with Crippen LogP contribution in [0.3, 0.4) is 0 Å². The molecule has 0 spiro atoms. The Labute approximate surface area is 136 Å². The first-order chi connectivity index (χ1) is 11.0. The highest BCUT2D eigenvalue weighted by Crippen LogP contribution is 2.23. The molecule has 0 aliphatic carbocycles.